The van der Waals surface area contributed by atoms with Gasteiger partial charge in [0.05, 0.1) is 6.61 Å². The number of aliphatic hydroxyl groups excluding tert-OH is 1. The van der Waals surface area contributed by atoms with Crippen LogP contribution in [0.5, 0.6) is 0 Å². The molecule has 1 nitrogen and oxygen atoms in total. The summed E-state index contributed by atoms with van der Waals surface area (Å²) in [7, 11) is 0. The second-order valence-corrected chi connectivity index (χ2v) is 6.19. The first-order valence-corrected chi connectivity index (χ1v) is 6.56. The molecule has 0 saturated heterocycles. The quantitative estimate of drug-likeness (QED) is 0.884. The van der Waals surface area contributed by atoms with Crippen molar-refractivity contribution in [1.29, 1.82) is 0 Å². The molecule has 0 aliphatic carbocycles. The number of hydrogen-bond acceptors (Lipinski definition) is 1. The Morgan fingerprint density at radius 1 is 1.38 bits per heavy atom. The van der Waals surface area contributed by atoms with E-state index in [1.807, 2.05) is 6.07 Å². The number of hydrogen-bond donors (Lipinski definition) is 1. The van der Waals surface area contributed by atoms with Crippen LogP contribution in [0.2, 0.25) is 0 Å². The van der Waals surface area contributed by atoms with Gasteiger partial charge < -0.3 is 5.11 Å². The molecule has 1 rings (SSSR count). The summed E-state index contributed by atoms with van der Waals surface area (Å²) in [5.41, 5.74) is 2.36. The van der Waals surface area contributed by atoms with E-state index in [0.717, 1.165) is 10.9 Å². The van der Waals surface area contributed by atoms with Crippen LogP contribution in [-0.4, -0.2) is 11.7 Å². The third-order valence-electron chi connectivity index (χ3n) is 3.06. The lowest BCUT2D eigenvalue weighted by molar-refractivity contribution is 0.183. The van der Waals surface area contributed by atoms with Crippen LogP contribution in [0.4, 0.5) is 0 Å². The summed E-state index contributed by atoms with van der Waals surface area (Å²) in [4.78, 5) is 0. The van der Waals surface area contributed by atoms with Crippen LogP contribution in [0.25, 0.3) is 0 Å². The van der Waals surface area contributed by atoms with E-state index in [1.165, 1.54) is 11.1 Å². The van der Waals surface area contributed by atoms with Crippen molar-refractivity contribution in [3.63, 3.8) is 0 Å². The van der Waals surface area contributed by atoms with Crippen LogP contribution in [0.15, 0.2) is 22.7 Å². The predicted octanol–water partition coefficient (Wildman–Crippen LogP) is 4.05. The van der Waals surface area contributed by atoms with Gasteiger partial charge in [-0.2, -0.15) is 0 Å². The highest BCUT2D eigenvalue weighted by Crippen LogP contribution is 2.34. The Bertz CT molecular complexity index is 360. The molecule has 1 aromatic rings. The number of benzene rings is 1. The average Bonchev–Trinajstić information content (AvgIpc) is 2.20. The summed E-state index contributed by atoms with van der Waals surface area (Å²) < 4.78 is 1.08. The van der Waals surface area contributed by atoms with Crippen LogP contribution in [-0.2, 0) is 5.41 Å². The Morgan fingerprint density at radius 2 is 2.00 bits per heavy atom. The summed E-state index contributed by atoms with van der Waals surface area (Å²) in [6, 6.07) is 6.29. The standard InChI is InChI=1S/C14H21BrO/c1-10(2)8-14(4,9-16)13-7-12(15)6-5-11(13)3/h5-7,10,16H,8-9H2,1-4H3. The largest absolute Gasteiger partial charge is 0.395 e. The third kappa shape index (κ3) is 3.08. The third-order valence-corrected chi connectivity index (χ3v) is 3.55. The first-order valence-electron chi connectivity index (χ1n) is 5.76. The molecule has 90 valence electrons. The van der Waals surface area contributed by atoms with E-state index in [0.29, 0.717) is 5.92 Å². The SMILES string of the molecule is Cc1ccc(Br)cc1C(C)(CO)CC(C)C. The molecule has 0 spiro atoms. The molecule has 0 radical (unpaired) electrons. The van der Waals surface area contributed by atoms with Crippen molar-refractivity contribution in [1.82, 2.24) is 0 Å². The number of rotatable bonds is 4. The zero-order valence-electron chi connectivity index (χ0n) is 10.5. The van der Waals surface area contributed by atoms with Gasteiger partial charge in [-0.05, 0) is 42.5 Å². The zero-order valence-corrected chi connectivity index (χ0v) is 12.1. The highest BCUT2D eigenvalue weighted by molar-refractivity contribution is 9.10. The van der Waals surface area contributed by atoms with Crippen molar-refractivity contribution in [2.24, 2.45) is 5.92 Å². The summed E-state index contributed by atoms with van der Waals surface area (Å²) in [5.74, 6) is 0.579. The normalized spacial score (nSPS) is 15.2. The molecule has 0 saturated carbocycles. The van der Waals surface area contributed by atoms with Crippen molar-refractivity contribution < 1.29 is 5.11 Å². The minimum Gasteiger partial charge on any atom is -0.395 e. The molecule has 0 aliphatic heterocycles. The zero-order chi connectivity index (χ0) is 12.3. The van der Waals surface area contributed by atoms with Gasteiger partial charge in [-0.25, -0.2) is 0 Å². The minimum atomic E-state index is -0.137. The van der Waals surface area contributed by atoms with Crippen LogP contribution < -0.4 is 0 Å². The molecule has 2 heteroatoms. The fourth-order valence-corrected chi connectivity index (χ4v) is 2.77. The number of aliphatic hydroxyl groups is 1. The van der Waals surface area contributed by atoms with Gasteiger partial charge in [0, 0.05) is 9.89 Å². The van der Waals surface area contributed by atoms with Gasteiger partial charge in [0.1, 0.15) is 0 Å². The first kappa shape index (κ1) is 13.7. The van der Waals surface area contributed by atoms with Crippen LogP contribution in [0.3, 0.4) is 0 Å². The topological polar surface area (TPSA) is 20.2 Å². The number of aryl methyl sites for hydroxylation is 1. The Kier molecular flexibility index (Phi) is 4.57. The molecule has 1 aromatic carbocycles. The van der Waals surface area contributed by atoms with Gasteiger partial charge in [0.25, 0.3) is 0 Å². The highest BCUT2D eigenvalue weighted by Gasteiger charge is 2.28. The molecule has 0 aromatic heterocycles. The maximum Gasteiger partial charge on any atom is 0.0525 e. The van der Waals surface area contributed by atoms with Gasteiger partial charge in [-0.15, -0.1) is 0 Å². The molecular formula is C14H21BrO. The maximum atomic E-state index is 9.69. The average molecular weight is 285 g/mol. The lowest BCUT2D eigenvalue weighted by atomic mass is 9.75. The van der Waals surface area contributed by atoms with Crippen molar-refractivity contribution in [2.45, 2.75) is 39.5 Å². The lowest BCUT2D eigenvalue weighted by Crippen LogP contribution is -2.29. The Hall–Kier alpha value is -0.340. The second-order valence-electron chi connectivity index (χ2n) is 5.28. The fourth-order valence-electron chi connectivity index (χ4n) is 2.41. The molecule has 0 bridgehead atoms. The molecule has 0 amide bonds. The first-order chi connectivity index (χ1) is 7.39. The summed E-state index contributed by atoms with van der Waals surface area (Å²) in [6.07, 6.45) is 1.00. The van der Waals surface area contributed by atoms with Crippen molar-refractivity contribution in [3.8, 4) is 0 Å². The van der Waals surface area contributed by atoms with E-state index >= 15 is 0 Å². The van der Waals surface area contributed by atoms with Crippen LogP contribution in [0, 0.1) is 12.8 Å². The van der Waals surface area contributed by atoms with Crippen LogP contribution >= 0.6 is 15.9 Å². The summed E-state index contributed by atoms with van der Waals surface area (Å²) in [5, 5.41) is 9.69. The molecule has 1 atom stereocenters. The minimum absolute atomic E-state index is 0.137. The summed E-state index contributed by atoms with van der Waals surface area (Å²) in [6.45, 7) is 8.84. The summed E-state index contributed by atoms with van der Waals surface area (Å²) >= 11 is 3.50. The highest BCUT2D eigenvalue weighted by atomic mass is 79.9. The molecule has 1 unspecified atom stereocenters. The van der Waals surface area contributed by atoms with E-state index in [-0.39, 0.29) is 12.0 Å². The van der Waals surface area contributed by atoms with Gasteiger partial charge >= 0.3 is 0 Å². The van der Waals surface area contributed by atoms with Gasteiger partial charge in [0.2, 0.25) is 0 Å². The van der Waals surface area contributed by atoms with E-state index in [2.05, 4.69) is 55.8 Å². The second kappa shape index (κ2) is 5.33. The molecule has 1 N–H and O–H groups in total. The fraction of sp³-hybridized carbons (Fsp3) is 0.571. The van der Waals surface area contributed by atoms with Gasteiger partial charge in [-0.3, -0.25) is 0 Å². The Morgan fingerprint density at radius 3 is 2.50 bits per heavy atom. The molecule has 0 aliphatic rings. The van der Waals surface area contributed by atoms with Gasteiger partial charge in [-0.1, -0.05) is 42.8 Å². The Labute approximate surface area is 107 Å². The van der Waals surface area contributed by atoms with Crippen molar-refractivity contribution >= 4 is 15.9 Å². The van der Waals surface area contributed by atoms with Crippen molar-refractivity contribution in [3.05, 3.63) is 33.8 Å². The van der Waals surface area contributed by atoms with E-state index in [4.69, 9.17) is 0 Å². The molecule has 0 fully saturated rings. The van der Waals surface area contributed by atoms with E-state index in [1.54, 1.807) is 0 Å². The number of halogens is 1. The van der Waals surface area contributed by atoms with E-state index < -0.39 is 0 Å². The van der Waals surface area contributed by atoms with E-state index in [9.17, 15) is 5.11 Å². The Balaban J connectivity index is 3.16. The molecule has 16 heavy (non-hydrogen) atoms. The maximum absolute atomic E-state index is 9.69. The molecular weight excluding hydrogens is 264 g/mol. The lowest BCUT2D eigenvalue weighted by Gasteiger charge is -2.31. The smallest absolute Gasteiger partial charge is 0.0525 e. The van der Waals surface area contributed by atoms with Crippen molar-refractivity contribution in [2.75, 3.05) is 6.61 Å². The predicted molar refractivity (Wildman–Crippen MR) is 72.8 cm³/mol. The van der Waals surface area contributed by atoms with Crippen LogP contribution in [0.1, 0.15) is 38.3 Å². The monoisotopic (exact) mass is 284 g/mol. The molecule has 0 heterocycles. The van der Waals surface area contributed by atoms with Gasteiger partial charge in [0.15, 0.2) is 0 Å².